The molecule has 0 spiro atoms. The number of aromatic nitrogens is 2. The zero-order valence-electron chi connectivity index (χ0n) is 8.86. The third kappa shape index (κ3) is 2.47. The highest BCUT2D eigenvalue weighted by Gasteiger charge is 2.18. The van der Waals surface area contributed by atoms with Crippen LogP contribution in [0.15, 0.2) is 0 Å². The number of nitrogens with one attached hydrogen (secondary N) is 1. The Balaban J connectivity index is 2.26. The van der Waals surface area contributed by atoms with E-state index in [1.165, 1.54) is 0 Å². The molecule has 0 aliphatic carbocycles. The predicted molar refractivity (Wildman–Crippen MR) is 66.5 cm³/mol. The molecule has 1 atom stereocenters. The largest absolute Gasteiger partial charge is 0.366 e. The first-order valence-electron chi connectivity index (χ1n) is 5.04. The summed E-state index contributed by atoms with van der Waals surface area (Å²) in [6.07, 6.45) is 1.79. The molecule has 1 aliphatic heterocycles. The zero-order valence-corrected chi connectivity index (χ0v) is 10.4. The molecule has 0 saturated carbocycles. The quantitative estimate of drug-likeness (QED) is 0.664. The first kappa shape index (κ1) is 11.7. The zero-order chi connectivity index (χ0) is 11.5. The summed E-state index contributed by atoms with van der Waals surface area (Å²) in [5, 5.41) is 3.47. The highest BCUT2D eigenvalue weighted by molar-refractivity contribution is 7.99. The van der Waals surface area contributed by atoms with Crippen molar-refractivity contribution in [3.63, 3.8) is 0 Å². The van der Waals surface area contributed by atoms with Crippen LogP contribution in [0.4, 0.5) is 5.82 Å². The van der Waals surface area contributed by atoms with Gasteiger partial charge in [-0.2, -0.15) is 11.8 Å². The first-order chi connectivity index (χ1) is 7.70. The van der Waals surface area contributed by atoms with E-state index in [4.69, 9.17) is 11.6 Å². The predicted octanol–water partition coefficient (Wildman–Crippen LogP) is 2.17. The van der Waals surface area contributed by atoms with Crippen LogP contribution in [0.2, 0.25) is 5.15 Å². The fourth-order valence-corrected chi connectivity index (χ4v) is 3.01. The van der Waals surface area contributed by atoms with Gasteiger partial charge in [0.05, 0.1) is 5.56 Å². The number of nitrogens with zero attached hydrogens (tertiary/aromatic N) is 2. The Morgan fingerprint density at radius 1 is 1.56 bits per heavy atom. The lowest BCUT2D eigenvalue weighted by Crippen LogP contribution is -2.20. The Morgan fingerprint density at radius 2 is 2.38 bits per heavy atom. The lowest BCUT2D eigenvalue weighted by molar-refractivity contribution is 0.112. The Morgan fingerprint density at radius 3 is 3.00 bits per heavy atom. The number of carbonyl (C=O) groups is 1. The second-order valence-corrected chi connectivity index (χ2v) is 5.15. The fraction of sp³-hybridized carbons (Fsp3) is 0.500. The molecule has 1 aromatic heterocycles. The van der Waals surface area contributed by atoms with Crippen LogP contribution in [0.25, 0.3) is 0 Å². The summed E-state index contributed by atoms with van der Waals surface area (Å²) in [5.74, 6) is 3.31. The molecule has 0 amide bonds. The topological polar surface area (TPSA) is 54.9 Å². The number of halogens is 1. The van der Waals surface area contributed by atoms with Crippen LogP contribution >= 0.6 is 23.4 Å². The molecule has 2 heterocycles. The Bertz CT molecular complexity index is 407. The molecular weight excluding hydrogens is 246 g/mol. The second-order valence-electron chi connectivity index (χ2n) is 3.65. The van der Waals surface area contributed by atoms with E-state index in [-0.39, 0.29) is 5.15 Å². The van der Waals surface area contributed by atoms with E-state index in [9.17, 15) is 4.79 Å². The van der Waals surface area contributed by atoms with Crippen molar-refractivity contribution in [1.29, 1.82) is 0 Å². The number of aldehydes is 1. The first-order valence-corrected chi connectivity index (χ1v) is 6.57. The molecule has 1 unspecified atom stereocenters. The minimum atomic E-state index is 0.218. The number of aryl methyl sites for hydroxylation is 1. The number of hydrogen-bond donors (Lipinski definition) is 1. The van der Waals surface area contributed by atoms with Gasteiger partial charge in [-0.15, -0.1) is 0 Å². The minimum Gasteiger partial charge on any atom is -0.366 e. The van der Waals surface area contributed by atoms with E-state index in [0.29, 0.717) is 29.5 Å². The molecule has 1 aromatic rings. The number of hydrogen-bond acceptors (Lipinski definition) is 5. The van der Waals surface area contributed by atoms with Gasteiger partial charge in [0.25, 0.3) is 0 Å². The Labute approximate surface area is 103 Å². The Hall–Kier alpha value is -0.810. The molecule has 1 aliphatic rings. The van der Waals surface area contributed by atoms with Crippen LogP contribution in [0, 0.1) is 6.92 Å². The van der Waals surface area contributed by atoms with Crippen LogP contribution in [0.1, 0.15) is 22.6 Å². The molecular formula is C10H12ClN3OS. The summed E-state index contributed by atoms with van der Waals surface area (Å²) in [6.45, 7) is 1.76. The van der Waals surface area contributed by atoms with E-state index >= 15 is 0 Å². The number of thioether (sulfide) groups is 1. The van der Waals surface area contributed by atoms with Crippen molar-refractivity contribution in [1.82, 2.24) is 9.97 Å². The van der Waals surface area contributed by atoms with Crippen LogP contribution < -0.4 is 5.32 Å². The summed E-state index contributed by atoms with van der Waals surface area (Å²) >= 11 is 7.79. The van der Waals surface area contributed by atoms with Gasteiger partial charge in [-0.25, -0.2) is 9.97 Å². The van der Waals surface area contributed by atoms with E-state index in [0.717, 1.165) is 17.9 Å². The lowest BCUT2D eigenvalue weighted by atomic mass is 10.2. The van der Waals surface area contributed by atoms with Gasteiger partial charge in [0, 0.05) is 11.8 Å². The molecule has 4 nitrogen and oxygen atoms in total. The van der Waals surface area contributed by atoms with Gasteiger partial charge in [0.15, 0.2) is 6.29 Å². The van der Waals surface area contributed by atoms with Crippen LogP contribution in [-0.4, -0.2) is 33.8 Å². The SMILES string of the molecule is Cc1nc(Cl)c(C=O)c(NC2CCSC2)n1. The summed E-state index contributed by atoms with van der Waals surface area (Å²) < 4.78 is 0. The molecule has 0 bridgehead atoms. The average Bonchev–Trinajstić information content (AvgIpc) is 2.70. The van der Waals surface area contributed by atoms with Crippen LogP contribution in [0.5, 0.6) is 0 Å². The standard InChI is InChI=1S/C10H12ClN3OS/c1-6-12-9(11)8(4-15)10(13-6)14-7-2-3-16-5-7/h4,7H,2-3,5H2,1H3,(H,12,13,14). The monoisotopic (exact) mass is 257 g/mol. The molecule has 16 heavy (non-hydrogen) atoms. The molecule has 0 aromatic carbocycles. The minimum absolute atomic E-state index is 0.218. The molecule has 0 radical (unpaired) electrons. The summed E-state index contributed by atoms with van der Waals surface area (Å²) in [7, 11) is 0. The highest BCUT2D eigenvalue weighted by Crippen LogP contribution is 2.24. The maximum Gasteiger partial charge on any atom is 0.156 e. The van der Waals surface area contributed by atoms with E-state index in [1.807, 2.05) is 11.8 Å². The molecule has 2 rings (SSSR count). The van der Waals surface area contributed by atoms with E-state index < -0.39 is 0 Å². The highest BCUT2D eigenvalue weighted by atomic mass is 35.5. The number of carbonyl (C=O) groups excluding carboxylic acids is 1. The number of rotatable bonds is 3. The van der Waals surface area contributed by atoms with Crippen molar-refractivity contribution >= 4 is 35.5 Å². The van der Waals surface area contributed by atoms with Crippen molar-refractivity contribution < 1.29 is 4.79 Å². The van der Waals surface area contributed by atoms with Gasteiger partial charge >= 0.3 is 0 Å². The van der Waals surface area contributed by atoms with Crippen molar-refractivity contribution in [3.05, 3.63) is 16.5 Å². The third-order valence-electron chi connectivity index (χ3n) is 2.40. The van der Waals surface area contributed by atoms with Gasteiger partial charge < -0.3 is 5.32 Å². The van der Waals surface area contributed by atoms with Gasteiger partial charge in [-0.1, -0.05) is 11.6 Å². The molecule has 86 valence electrons. The van der Waals surface area contributed by atoms with Crippen LogP contribution in [-0.2, 0) is 0 Å². The molecule has 1 N–H and O–H groups in total. The molecule has 6 heteroatoms. The number of anilines is 1. The van der Waals surface area contributed by atoms with Crippen LogP contribution in [0.3, 0.4) is 0 Å². The van der Waals surface area contributed by atoms with Gasteiger partial charge in [0.2, 0.25) is 0 Å². The summed E-state index contributed by atoms with van der Waals surface area (Å²) in [4.78, 5) is 19.1. The molecule has 1 saturated heterocycles. The van der Waals surface area contributed by atoms with Crippen molar-refractivity contribution in [2.45, 2.75) is 19.4 Å². The summed E-state index contributed by atoms with van der Waals surface area (Å²) in [5.41, 5.74) is 0.351. The van der Waals surface area contributed by atoms with Gasteiger partial charge in [0.1, 0.15) is 16.8 Å². The lowest BCUT2D eigenvalue weighted by Gasteiger charge is -2.14. The summed E-state index contributed by atoms with van der Waals surface area (Å²) in [6, 6.07) is 0.370. The third-order valence-corrected chi connectivity index (χ3v) is 3.85. The smallest absolute Gasteiger partial charge is 0.156 e. The van der Waals surface area contributed by atoms with Crippen molar-refractivity contribution in [2.24, 2.45) is 0 Å². The van der Waals surface area contributed by atoms with Gasteiger partial charge in [-0.05, 0) is 19.1 Å². The second kappa shape index (κ2) is 5.01. The maximum atomic E-state index is 10.9. The normalized spacial score (nSPS) is 19.8. The Kier molecular flexibility index (Phi) is 3.66. The molecule has 1 fully saturated rings. The van der Waals surface area contributed by atoms with Crippen molar-refractivity contribution in [3.8, 4) is 0 Å². The van der Waals surface area contributed by atoms with Gasteiger partial charge in [-0.3, -0.25) is 4.79 Å². The maximum absolute atomic E-state index is 10.9. The fourth-order valence-electron chi connectivity index (χ4n) is 1.60. The average molecular weight is 258 g/mol. The van der Waals surface area contributed by atoms with E-state index in [2.05, 4.69) is 15.3 Å². The van der Waals surface area contributed by atoms with Crippen molar-refractivity contribution in [2.75, 3.05) is 16.8 Å². The van der Waals surface area contributed by atoms with E-state index in [1.54, 1.807) is 6.92 Å².